The van der Waals surface area contributed by atoms with Crippen molar-refractivity contribution < 1.29 is 27.5 Å². The molecule has 1 saturated heterocycles. The number of amides is 2. The van der Waals surface area contributed by atoms with E-state index in [0.29, 0.717) is 5.82 Å². The van der Waals surface area contributed by atoms with Crippen molar-refractivity contribution in [3.63, 3.8) is 0 Å². The second kappa shape index (κ2) is 6.70. The van der Waals surface area contributed by atoms with Crippen LogP contribution < -0.4 is 15.0 Å². The summed E-state index contributed by atoms with van der Waals surface area (Å²) in [4.78, 5) is 25.8. The average Bonchev–Trinajstić information content (AvgIpc) is 3.12. The number of anilines is 2. The highest BCUT2D eigenvalue weighted by Crippen LogP contribution is 2.30. The molecule has 0 unspecified atom stereocenters. The molecule has 2 heterocycles. The maximum atomic E-state index is 12.3. The summed E-state index contributed by atoms with van der Waals surface area (Å²) in [5.74, 6) is -1.41. The molecule has 0 saturated carbocycles. The Hall–Kier alpha value is -3.04. The Morgan fingerprint density at radius 1 is 1.35 bits per heavy atom. The molecule has 1 aromatic carbocycles. The van der Waals surface area contributed by atoms with Gasteiger partial charge < -0.3 is 15.0 Å². The van der Waals surface area contributed by atoms with Crippen LogP contribution in [-0.4, -0.2) is 34.5 Å². The molecule has 1 aliphatic heterocycles. The van der Waals surface area contributed by atoms with Gasteiger partial charge in [0.2, 0.25) is 11.8 Å². The monoisotopic (exact) mass is 368 g/mol. The third kappa shape index (κ3) is 4.13. The zero-order valence-electron chi connectivity index (χ0n) is 13.7. The van der Waals surface area contributed by atoms with Gasteiger partial charge in [0.1, 0.15) is 5.75 Å². The molecule has 0 aliphatic carbocycles. The number of carbonyl (C=O) groups is 2. The van der Waals surface area contributed by atoms with Crippen molar-refractivity contribution in [1.82, 2.24) is 9.78 Å². The summed E-state index contributed by atoms with van der Waals surface area (Å²) < 4.78 is 42.4. The second-order valence-electron chi connectivity index (χ2n) is 5.81. The van der Waals surface area contributed by atoms with E-state index in [9.17, 15) is 22.8 Å². The first-order chi connectivity index (χ1) is 12.2. The van der Waals surface area contributed by atoms with Gasteiger partial charge >= 0.3 is 6.36 Å². The van der Waals surface area contributed by atoms with Crippen molar-refractivity contribution in [2.24, 2.45) is 13.0 Å². The Kier molecular flexibility index (Phi) is 4.58. The molecule has 2 aromatic rings. The smallest absolute Gasteiger partial charge is 0.406 e. The van der Waals surface area contributed by atoms with Crippen molar-refractivity contribution >= 4 is 23.3 Å². The predicted octanol–water partition coefficient (Wildman–Crippen LogP) is 2.31. The minimum absolute atomic E-state index is 0.0387. The van der Waals surface area contributed by atoms with Crippen LogP contribution in [0.25, 0.3) is 0 Å². The zero-order chi connectivity index (χ0) is 18.9. The number of ether oxygens (including phenoxy) is 1. The van der Waals surface area contributed by atoms with Crippen LogP contribution in [0, 0.1) is 5.92 Å². The van der Waals surface area contributed by atoms with Crippen molar-refractivity contribution in [2.45, 2.75) is 12.8 Å². The van der Waals surface area contributed by atoms with Crippen molar-refractivity contribution in [1.29, 1.82) is 0 Å². The molecule has 1 N–H and O–H groups in total. The van der Waals surface area contributed by atoms with Crippen LogP contribution in [0.2, 0.25) is 0 Å². The quantitative estimate of drug-likeness (QED) is 0.899. The Balaban J connectivity index is 1.69. The summed E-state index contributed by atoms with van der Waals surface area (Å²) in [6.07, 6.45) is -3.20. The van der Waals surface area contributed by atoms with E-state index in [4.69, 9.17) is 0 Å². The van der Waals surface area contributed by atoms with Gasteiger partial charge in [0.25, 0.3) is 0 Å². The van der Waals surface area contributed by atoms with Crippen LogP contribution in [-0.2, 0) is 16.6 Å². The van der Waals surface area contributed by atoms with E-state index in [1.807, 2.05) is 0 Å². The summed E-state index contributed by atoms with van der Waals surface area (Å²) in [7, 11) is 1.70. The van der Waals surface area contributed by atoms with E-state index in [2.05, 4.69) is 15.2 Å². The van der Waals surface area contributed by atoms with Gasteiger partial charge in [-0.1, -0.05) is 6.07 Å². The lowest BCUT2D eigenvalue weighted by Crippen LogP contribution is -2.28. The molecule has 26 heavy (non-hydrogen) atoms. The molecule has 1 aliphatic rings. The maximum absolute atomic E-state index is 12.3. The highest BCUT2D eigenvalue weighted by molar-refractivity contribution is 6.03. The fourth-order valence-corrected chi connectivity index (χ4v) is 2.69. The third-order valence-corrected chi connectivity index (χ3v) is 3.82. The van der Waals surface area contributed by atoms with E-state index in [0.717, 1.165) is 12.1 Å². The summed E-state index contributed by atoms with van der Waals surface area (Å²) in [5.41, 5.74) is 0.241. The number of nitrogens with one attached hydrogen (secondary N) is 1. The molecule has 0 spiro atoms. The summed E-state index contributed by atoms with van der Waals surface area (Å²) in [6.45, 7) is 0.0625. The number of benzene rings is 1. The minimum atomic E-state index is -4.82. The van der Waals surface area contributed by atoms with Crippen LogP contribution in [0.5, 0.6) is 5.75 Å². The number of aryl methyl sites for hydroxylation is 1. The highest BCUT2D eigenvalue weighted by Gasteiger charge is 2.36. The Labute approximate surface area is 146 Å². The van der Waals surface area contributed by atoms with Crippen LogP contribution in [0.4, 0.5) is 24.7 Å². The SMILES string of the molecule is Cn1ccc(NC(=O)[C@@H]2CC(=O)N(c3cccc(OC(F)(F)F)c3)C2)n1. The molecule has 1 aromatic heterocycles. The molecule has 1 fully saturated rings. The predicted molar refractivity (Wildman–Crippen MR) is 85.4 cm³/mol. The Morgan fingerprint density at radius 2 is 2.12 bits per heavy atom. The molecule has 138 valence electrons. The summed E-state index contributed by atoms with van der Waals surface area (Å²) in [5, 5.41) is 6.64. The maximum Gasteiger partial charge on any atom is 0.573 e. The number of carbonyl (C=O) groups excluding carboxylic acids is 2. The fourth-order valence-electron chi connectivity index (χ4n) is 2.69. The van der Waals surface area contributed by atoms with E-state index >= 15 is 0 Å². The number of hydrogen-bond acceptors (Lipinski definition) is 4. The molecule has 1 atom stereocenters. The lowest BCUT2D eigenvalue weighted by molar-refractivity contribution is -0.274. The zero-order valence-corrected chi connectivity index (χ0v) is 13.7. The van der Waals surface area contributed by atoms with E-state index in [1.165, 1.54) is 21.7 Å². The Bertz CT molecular complexity index is 834. The molecular weight excluding hydrogens is 353 g/mol. The van der Waals surface area contributed by atoms with Crippen LogP contribution >= 0.6 is 0 Å². The van der Waals surface area contributed by atoms with Crippen LogP contribution in [0.15, 0.2) is 36.5 Å². The number of rotatable bonds is 4. The molecule has 0 radical (unpaired) electrons. The standard InChI is InChI=1S/C16H15F3N4O3/c1-22-6-5-13(21-22)20-15(25)10-7-14(24)23(9-10)11-3-2-4-12(8-11)26-16(17,18)19/h2-6,8,10H,7,9H2,1H3,(H,20,21,25)/t10-/m1/s1. The van der Waals surface area contributed by atoms with Gasteiger partial charge in [-0.25, -0.2) is 0 Å². The minimum Gasteiger partial charge on any atom is -0.406 e. The van der Waals surface area contributed by atoms with Gasteiger partial charge in [-0.05, 0) is 12.1 Å². The first kappa shape index (κ1) is 17.8. The second-order valence-corrected chi connectivity index (χ2v) is 5.81. The number of alkyl halides is 3. The normalized spacial score (nSPS) is 17.5. The van der Waals surface area contributed by atoms with Crippen LogP contribution in [0.1, 0.15) is 6.42 Å². The lowest BCUT2D eigenvalue weighted by Gasteiger charge is -2.18. The summed E-state index contributed by atoms with van der Waals surface area (Å²) >= 11 is 0. The molecule has 2 amide bonds. The van der Waals surface area contributed by atoms with Crippen LogP contribution in [0.3, 0.4) is 0 Å². The number of nitrogens with zero attached hydrogens (tertiary/aromatic N) is 3. The molecule has 3 rings (SSSR count). The largest absolute Gasteiger partial charge is 0.573 e. The van der Waals surface area contributed by atoms with Gasteiger partial charge in [0.15, 0.2) is 5.82 Å². The molecule has 10 heteroatoms. The fraction of sp³-hybridized carbons (Fsp3) is 0.312. The first-order valence-corrected chi connectivity index (χ1v) is 7.68. The van der Waals surface area contributed by atoms with Gasteiger partial charge in [0.05, 0.1) is 5.92 Å². The van der Waals surface area contributed by atoms with Gasteiger partial charge in [-0.15, -0.1) is 13.2 Å². The topological polar surface area (TPSA) is 76.5 Å². The number of halogens is 3. The number of hydrogen-bond donors (Lipinski definition) is 1. The first-order valence-electron chi connectivity index (χ1n) is 7.68. The van der Waals surface area contributed by atoms with Crippen molar-refractivity contribution in [3.05, 3.63) is 36.5 Å². The summed E-state index contributed by atoms with van der Waals surface area (Å²) in [6, 6.07) is 6.71. The molecule has 0 bridgehead atoms. The highest BCUT2D eigenvalue weighted by atomic mass is 19.4. The average molecular weight is 368 g/mol. The third-order valence-electron chi connectivity index (χ3n) is 3.82. The Morgan fingerprint density at radius 3 is 2.77 bits per heavy atom. The number of aromatic nitrogens is 2. The van der Waals surface area contributed by atoms with E-state index in [-0.39, 0.29) is 30.5 Å². The molecule has 7 nitrogen and oxygen atoms in total. The van der Waals surface area contributed by atoms with Gasteiger partial charge in [0, 0.05) is 44.0 Å². The van der Waals surface area contributed by atoms with E-state index < -0.39 is 18.0 Å². The lowest BCUT2D eigenvalue weighted by atomic mass is 10.1. The van der Waals surface area contributed by atoms with Crippen molar-refractivity contribution in [2.75, 3.05) is 16.8 Å². The molecular formula is C16H15F3N4O3. The van der Waals surface area contributed by atoms with Crippen molar-refractivity contribution in [3.8, 4) is 5.75 Å². The van der Waals surface area contributed by atoms with Gasteiger partial charge in [-0.2, -0.15) is 5.10 Å². The van der Waals surface area contributed by atoms with E-state index in [1.54, 1.807) is 19.3 Å². The van der Waals surface area contributed by atoms with Gasteiger partial charge in [-0.3, -0.25) is 14.3 Å².